The molecule has 0 bridgehead atoms. The minimum Gasteiger partial charge on any atom is -0.481 e. The van der Waals surface area contributed by atoms with E-state index in [1.165, 1.54) is 0 Å². The van der Waals surface area contributed by atoms with Crippen molar-refractivity contribution in [3.63, 3.8) is 0 Å². The molecule has 1 heterocycles. The van der Waals surface area contributed by atoms with E-state index in [1.807, 2.05) is 19.1 Å². The lowest BCUT2D eigenvalue weighted by Crippen LogP contribution is -2.29. The number of benzene rings is 1. The van der Waals surface area contributed by atoms with Crippen molar-refractivity contribution in [2.24, 2.45) is 5.41 Å². The molecule has 2 N–H and O–H groups in total. The van der Waals surface area contributed by atoms with Gasteiger partial charge < -0.3 is 19.9 Å². The number of hydrogen-bond acceptors (Lipinski definition) is 4. The van der Waals surface area contributed by atoms with E-state index in [2.05, 4.69) is 5.32 Å². The van der Waals surface area contributed by atoms with E-state index in [0.717, 1.165) is 35.5 Å². The lowest BCUT2D eigenvalue weighted by atomic mass is 10.1. The third kappa shape index (κ3) is 2.26. The second-order valence-electron chi connectivity index (χ2n) is 5.32. The van der Waals surface area contributed by atoms with Crippen LogP contribution in [0.25, 0.3) is 0 Å². The molecule has 1 aliphatic heterocycles. The molecule has 1 fully saturated rings. The fourth-order valence-corrected chi connectivity index (χ4v) is 2.33. The van der Waals surface area contributed by atoms with Crippen LogP contribution in [-0.2, 0) is 11.3 Å². The topological polar surface area (TPSA) is 67.8 Å². The molecule has 3 rings (SSSR count). The number of nitrogens with one attached hydrogen (secondary N) is 1. The van der Waals surface area contributed by atoms with Crippen LogP contribution >= 0.6 is 0 Å². The van der Waals surface area contributed by atoms with E-state index in [4.69, 9.17) is 14.6 Å². The van der Waals surface area contributed by atoms with Crippen LogP contribution in [0.15, 0.2) is 12.1 Å². The van der Waals surface area contributed by atoms with Crippen molar-refractivity contribution in [2.45, 2.75) is 26.3 Å². The maximum Gasteiger partial charge on any atom is 0.310 e. The molecule has 0 saturated heterocycles. The first kappa shape index (κ1) is 12.3. The maximum absolute atomic E-state index is 11.1. The minimum absolute atomic E-state index is 0.272. The van der Waals surface area contributed by atoms with Gasteiger partial charge in [0.05, 0.1) is 5.41 Å². The first-order chi connectivity index (χ1) is 9.11. The van der Waals surface area contributed by atoms with E-state index in [1.54, 1.807) is 0 Å². The molecule has 19 heavy (non-hydrogen) atoms. The Morgan fingerprint density at radius 2 is 2.05 bits per heavy atom. The van der Waals surface area contributed by atoms with E-state index < -0.39 is 11.4 Å². The fraction of sp³-hybridized carbons (Fsp3) is 0.500. The first-order valence-corrected chi connectivity index (χ1v) is 6.44. The van der Waals surface area contributed by atoms with Crippen LogP contribution in [0.4, 0.5) is 0 Å². The highest BCUT2D eigenvalue weighted by Gasteiger charge is 2.49. The average molecular weight is 263 g/mol. The second kappa shape index (κ2) is 4.42. The van der Waals surface area contributed by atoms with Gasteiger partial charge in [0.25, 0.3) is 0 Å². The van der Waals surface area contributed by atoms with Crippen molar-refractivity contribution in [3.8, 4) is 11.5 Å². The lowest BCUT2D eigenvalue weighted by molar-refractivity contribution is -0.143. The quantitative estimate of drug-likeness (QED) is 0.846. The van der Waals surface area contributed by atoms with E-state index in [0.29, 0.717) is 13.1 Å². The Hall–Kier alpha value is -1.75. The Balaban J connectivity index is 1.63. The summed E-state index contributed by atoms with van der Waals surface area (Å²) in [5.74, 6) is 0.856. The van der Waals surface area contributed by atoms with Crippen LogP contribution < -0.4 is 14.8 Å². The number of fused-ring (bicyclic) bond motifs is 1. The molecule has 2 aliphatic rings. The first-order valence-electron chi connectivity index (χ1n) is 6.44. The number of carboxylic acid groups (broad SMARTS) is 1. The zero-order chi connectivity index (χ0) is 13.5. The average Bonchev–Trinajstić information content (AvgIpc) is 3.03. The number of hydrogen-bond donors (Lipinski definition) is 2. The van der Waals surface area contributed by atoms with Crippen molar-refractivity contribution >= 4 is 5.97 Å². The predicted octanol–water partition coefficient (Wildman–Crippen LogP) is 1.68. The monoisotopic (exact) mass is 263 g/mol. The highest BCUT2D eigenvalue weighted by Crippen LogP contribution is 2.45. The van der Waals surface area contributed by atoms with Gasteiger partial charge in [-0.2, -0.15) is 0 Å². The zero-order valence-electron chi connectivity index (χ0n) is 10.9. The van der Waals surface area contributed by atoms with Crippen LogP contribution in [0.3, 0.4) is 0 Å². The second-order valence-corrected chi connectivity index (χ2v) is 5.32. The Labute approximate surface area is 111 Å². The summed E-state index contributed by atoms with van der Waals surface area (Å²) >= 11 is 0. The van der Waals surface area contributed by atoms with Gasteiger partial charge in [0.1, 0.15) is 0 Å². The maximum atomic E-state index is 11.1. The molecule has 0 radical (unpaired) electrons. The van der Waals surface area contributed by atoms with Gasteiger partial charge in [-0.3, -0.25) is 4.79 Å². The number of rotatable bonds is 5. The number of aryl methyl sites for hydroxylation is 1. The van der Waals surface area contributed by atoms with Crippen LogP contribution in [0.5, 0.6) is 11.5 Å². The highest BCUT2D eigenvalue weighted by atomic mass is 16.7. The van der Waals surface area contributed by atoms with Crippen molar-refractivity contribution in [1.82, 2.24) is 5.32 Å². The number of carboxylic acids is 1. The van der Waals surface area contributed by atoms with Crippen molar-refractivity contribution < 1.29 is 19.4 Å². The summed E-state index contributed by atoms with van der Waals surface area (Å²) in [7, 11) is 0. The molecular weight excluding hydrogens is 246 g/mol. The summed E-state index contributed by atoms with van der Waals surface area (Å²) in [5.41, 5.74) is 1.71. The third-order valence-electron chi connectivity index (χ3n) is 3.92. The number of carbonyl (C=O) groups is 1. The van der Waals surface area contributed by atoms with Gasteiger partial charge in [0.15, 0.2) is 11.5 Å². The van der Waals surface area contributed by atoms with E-state index >= 15 is 0 Å². The molecule has 1 aromatic carbocycles. The Kier molecular flexibility index (Phi) is 2.86. The number of aliphatic carboxylic acids is 1. The minimum atomic E-state index is -0.692. The van der Waals surface area contributed by atoms with Gasteiger partial charge in [-0.1, -0.05) is 0 Å². The molecule has 1 aliphatic carbocycles. The summed E-state index contributed by atoms with van der Waals surface area (Å²) in [6.07, 6.45) is 1.55. The Bertz CT molecular complexity index is 522. The number of ether oxygens (including phenoxy) is 2. The van der Waals surface area contributed by atoms with Gasteiger partial charge in [0.2, 0.25) is 6.79 Å². The van der Waals surface area contributed by atoms with E-state index in [9.17, 15) is 4.79 Å². The van der Waals surface area contributed by atoms with Crippen molar-refractivity contribution in [2.75, 3.05) is 13.3 Å². The molecule has 5 heteroatoms. The van der Waals surface area contributed by atoms with Gasteiger partial charge >= 0.3 is 5.97 Å². The third-order valence-corrected chi connectivity index (χ3v) is 3.92. The van der Waals surface area contributed by atoms with E-state index in [-0.39, 0.29) is 6.79 Å². The molecule has 102 valence electrons. The van der Waals surface area contributed by atoms with Crippen LogP contribution in [0, 0.1) is 12.3 Å². The smallest absolute Gasteiger partial charge is 0.310 e. The molecule has 0 unspecified atom stereocenters. The normalized spacial score (nSPS) is 18.4. The summed E-state index contributed by atoms with van der Waals surface area (Å²) in [6, 6.07) is 3.93. The molecule has 0 atom stereocenters. The SMILES string of the molecule is Cc1cc2c(cc1CNCC1(C(=O)O)CC1)OCO2. The highest BCUT2D eigenvalue weighted by molar-refractivity contribution is 5.78. The molecule has 0 aromatic heterocycles. The molecule has 5 nitrogen and oxygen atoms in total. The van der Waals surface area contributed by atoms with Gasteiger partial charge in [0, 0.05) is 13.1 Å². The molecule has 1 saturated carbocycles. The molecule has 1 aromatic rings. The summed E-state index contributed by atoms with van der Waals surface area (Å²) in [4.78, 5) is 11.1. The Morgan fingerprint density at radius 3 is 2.68 bits per heavy atom. The molecular formula is C14H17NO4. The molecule has 0 amide bonds. The fourth-order valence-electron chi connectivity index (χ4n) is 2.33. The predicted molar refractivity (Wildman–Crippen MR) is 68.3 cm³/mol. The summed E-state index contributed by atoms with van der Waals surface area (Å²) < 4.78 is 10.7. The zero-order valence-corrected chi connectivity index (χ0v) is 10.9. The molecule has 0 spiro atoms. The van der Waals surface area contributed by atoms with Crippen LogP contribution in [0.2, 0.25) is 0 Å². The van der Waals surface area contributed by atoms with Gasteiger partial charge in [-0.25, -0.2) is 0 Å². The largest absolute Gasteiger partial charge is 0.481 e. The summed E-state index contributed by atoms with van der Waals surface area (Å²) in [6.45, 7) is 3.46. The lowest BCUT2D eigenvalue weighted by Gasteiger charge is -2.13. The standard InChI is InChI=1S/C14H17NO4/c1-9-4-11-12(19-8-18-11)5-10(9)6-15-7-14(2-3-14)13(16)17/h4-5,15H,2-3,6-8H2,1H3,(H,16,17). The van der Waals surface area contributed by atoms with Crippen LogP contribution in [-0.4, -0.2) is 24.4 Å². The summed E-state index contributed by atoms with van der Waals surface area (Å²) in [5, 5.41) is 12.3. The van der Waals surface area contributed by atoms with Crippen molar-refractivity contribution in [1.29, 1.82) is 0 Å². The van der Waals surface area contributed by atoms with Gasteiger partial charge in [-0.15, -0.1) is 0 Å². The Morgan fingerprint density at radius 1 is 1.37 bits per heavy atom. The van der Waals surface area contributed by atoms with Gasteiger partial charge in [-0.05, 0) is 43.0 Å². The van der Waals surface area contributed by atoms with Crippen molar-refractivity contribution in [3.05, 3.63) is 23.3 Å². The van der Waals surface area contributed by atoms with Crippen LogP contribution in [0.1, 0.15) is 24.0 Å².